The summed E-state index contributed by atoms with van der Waals surface area (Å²) in [6, 6.07) is 6.64. The fourth-order valence-electron chi connectivity index (χ4n) is 3.68. The highest BCUT2D eigenvalue weighted by Gasteiger charge is 2.49. The summed E-state index contributed by atoms with van der Waals surface area (Å²) in [6.45, 7) is 10.2. The smallest absolute Gasteiger partial charge is 0.358 e. The fraction of sp³-hybridized carbons (Fsp3) is 0.478. The lowest BCUT2D eigenvalue weighted by atomic mass is 9.93. The molecule has 2 amide bonds. The van der Waals surface area contributed by atoms with Crippen LogP contribution in [-0.2, 0) is 16.1 Å². The van der Waals surface area contributed by atoms with Crippen molar-refractivity contribution in [3.63, 3.8) is 0 Å². The predicted octanol–water partition coefficient (Wildman–Crippen LogP) is 3.60. The molecule has 1 aliphatic rings. The van der Waals surface area contributed by atoms with Crippen LogP contribution in [0.15, 0.2) is 24.3 Å². The minimum Gasteiger partial charge on any atom is -0.461 e. The number of esters is 1. The Morgan fingerprint density at radius 1 is 1.31 bits per heavy atom. The summed E-state index contributed by atoms with van der Waals surface area (Å²) in [5, 5.41) is 7.70. The Labute approximate surface area is 192 Å². The van der Waals surface area contributed by atoms with Crippen LogP contribution >= 0.6 is 11.6 Å². The van der Waals surface area contributed by atoms with Crippen LogP contribution in [0.1, 0.15) is 60.7 Å². The first-order valence-corrected chi connectivity index (χ1v) is 11.1. The minimum atomic E-state index is -1.28. The number of aromatic nitrogens is 2. The first-order chi connectivity index (χ1) is 15.1. The molecule has 172 valence electrons. The number of benzene rings is 1. The van der Waals surface area contributed by atoms with Crippen LogP contribution < -0.4 is 10.2 Å². The van der Waals surface area contributed by atoms with Crippen molar-refractivity contribution < 1.29 is 19.1 Å². The highest BCUT2D eigenvalue weighted by Crippen LogP contribution is 2.35. The number of amides is 2. The molecule has 0 aliphatic carbocycles. The monoisotopic (exact) mass is 460 g/mol. The molecule has 0 saturated heterocycles. The first-order valence-electron chi connectivity index (χ1n) is 10.7. The number of rotatable bonds is 7. The molecule has 0 spiro atoms. The van der Waals surface area contributed by atoms with Crippen molar-refractivity contribution >= 4 is 35.1 Å². The Morgan fingerprint density at radius 3 is 2.66 bits per heavy atom. The number of aryl methyl sites for hydroxylation is 1. The standard InChI is InChI=1S/C23H29ClN4O4/c1-6-32-21(30)18-12-19-20(29)28(16-8-7-15(4)17(24)11-16)23(5,13-27(19)26-18)22(31)25-10-9-14(2)3/h7-8,11-12,14H,6,9-10,13H2,1-5H3,(H,25,31)/t23-/m1/s1. The Morgan fingerprint density at radius 2 is 2.03 bits per heavy atom. The summed E-state index contributed by atoms with van der Waals surface area (Å²) in [7, 11) is 0. The minimum absolute atomic E-state index is 0.0292. The van der Waals surface area contributed by atoms with Gasteiger partial charge in [0.15, 0.2) is 5.69 Å². The molecule has 2 heterocycles. The van der Waals surface area contributed by atoms with Gasteiger partial charge in [0.2, 0.25) is 5.91 Å². The van der Waals surface area contributed by atoms with Gasteiger partial charge >= 0.3 is 5.97 Å². The number of hydrogen-bond acceptors (Lipinski definition) is 5. The summed E-state index contributed by atoms with van der Waals surface area (Å²) >= 11 is 6.34. The second kappa shape index (κ2) is 9.32. The normalized spacial score (nSPS) is 18.0. The molecule has 0 unspecified atom stereocenters. The molecule has 9 heteroatoms. The fourth-order valence-corrected chi connectivity index (χ4v) is 3.85. The molecule has 3 rings (SSSR count). The average molecular weight is 461 g/mol. The molecule has 0 fully saturated rings. The number of carbonyl (C=O) groups is 3. The Bertz CT molecular complexity index is 1050. The number of fused-ring (bicyclic) bond motifs is 1. The summed E-state index contributed by atoms with van der Waals surface area (Å²) < 4.78 is 6.43. The maximum atomic E-state index is 13.6. The number of anilines is 1. The van der Waals surface area contributed by atoms with E-state index in [2.05, 4.69) is 24.3 Å². The third-order valence-electron chi connectivity index (χ3n) is 5.55. The van der Waals surface area contributed by atoms with Crippen LogP contribution in [0.25, 0.3) is 0 Å². The Balaban J connectivity index is 2.06. The van der Waals surface area contributed by atoms with Crippen molar-refractivity contribution in [1.29, 1.82) is 0 Å². The molecule has 8 nitrogen and oxygen atoms in total. The maximum absolute atomic E-state index is 13.6. The van der Waals surface area contributed by atoms with Gasteiger partial charge < -0.3 is 10.1 Å². The van der Waals surface area contributed by atoms with Crippen molar-refractivity contribution in [3.8, 4) is 0 Å². The largest absolute Gasteiger partial charge is 0.461 e. The van der Waals surface area contributed by atoms with E-state index in [4.69, 9.17) is 16.3 Å². The van der Waals surface area contributed by atoms with E-state index in [1.807, 2.05) is 6.92 Å². The molecule has 32 heavy (non-hydrogen) atoms. The van der Waals surface area contributed by atoms with E-state index in [-0.39, 0.29) is 30.4 Å². The lowest BCUT2D eigenvalue weighted by Crippen LogP contribution is -2.64. The van der Waals surface area contributed by atoms with Gasteiger partial charge in [-0.2, -0.15) is 5.10 Å². The summed E-state index contributed by atoms with van der Waals surface area (Å²) in [4.78, 5) is 40.6. The number of ether oxygens (including phenoxy) is 1. The number of halogens is 1. The molecule has 1 aromatic heterocycles. The van der Waals surface area contributed by atoms with E-state index >= 15 is 0 Å². The van der Waals surface area contributed by atoms with Crippen molar-refractivity contribution in [1.82, 2.24) is 15.1 Å². The second-order valence-electron chi connectivity index (χ2n) is 8.58. The lowest BCUT2D eigenvalue weighted by molar-refractivity contribution is -0.126. The van der Waals surface area contributed by atoms with E-state index in [0.717, 1.165) is 12.0 Å². The van der Waals surface area contributed by atoms with Crippen LogP contribution in [0, 0.1) is 12.8 Å². The van der Waals surface area contributed by atoms with E-state index in [9.17, 15) is 14.4 Å². The van der Waals surface area contributed by atoms with Crippen LogP contribution in [0.3, 0.4) is 0 Å². The van der Waals surface area contributed by atoms with E-state index in [1.54, 1.807) is 32.0 Å². The molecule has 1 N–H and O–H groups in total. The quantitative estimate of drug-likeness (QED) is 0.637. The zero-order valence-corrected chi connectivity index (χ0v) is 19.8. The van der Waals surface area contributed by atoms with Gasteiger partial charge in [0.25, 0.3) is 5.91 Å². The van der Waals surface area contributed by atoms with Gasteiger partial charge in [-0.3, -0.25) is 19.2 Å². The molecular weight excluding hydrogens is 432 g/mol. The van der Waals surface area contributed by atoms with Gasteiger partial charge in [-0.15, -0.1) is 0 Å². The number of nitrogens with one attached hydrogen (secondary N) is 1. The molecule has 1 aliphatic heterocycles. The number of carbonyl (C=O) groups excluding carboxylic acids is 3. The molecule has 1 atom stereocenters. The average Bonchev–Trinajstić information content (AvgIpc) is 3.14. The zero-order valence-electron chi connectivity index (χ0n) is 19.1. The van der Waals surface area contributed by atoms with Crippen molar-refractivity contribution in [3.05, 3.63) is 46.2 Å². The van der Waals surface area contributed by atoms with Crippen molar-refractivity contribution in [2.24, 2.45) is 5.92 Å². The van der Waals surface area contributed by atoms with Gasteiger partial charge in [-0.25, -0.2) is 4.79 Å². The highest BCUT2D eigenvalue weighted by atomic mass is 35.5. The molecule has 0 saturated carbocycles. The zero-order chi connectivity index (χ0) is 23.6. The summed E-state index contributed by atoms with van der Waals surface area (Å²) in [6.07, 6.45) is 0.812. The van der Waals surface area contributed by atoms with Crippen molar-refractivity contribution in [2.75, 3.05) is 18.1 Å². The Kier molecular flexibility index (Phi) is 6.93. The van der Waals surface area contributed by atoms with Crippen LogP contribution in [0.4, 0.5) is 5.69 Å². The molecule has 2 aromatic rings. The SMILES string of the molecule is CCOC(=O)c1cc2n(n1)C[C@](C)(C(=O)NCCC(C)C)N(c1ccc(C)c(Cl)c1)C2=O. The van der Waals surface area contributed by atoms with Gasteiger partial charge in [0.05, 0.1) is 13.2 Å². The molecular formula is C23H29ClN4O4. The van der Waals surface area contributed by atoms with E-state index < -0.39 is 17.4 Å². The third-order valence-corrected chi connectivity index (χ3v) is 5.96. The van der Waals surface area contributed by atoms with Gasteiger partial charge in [0.1, 0.15) is 11.2 Å². The van der Waals surface area contributed by atoms with Crippen molar-refractivity contribution in [2.45, 2.75) is 53.1 Å². The van der Waals surface area contributed by atoms with Gasteiger partial charge in [-0.1, -0.05) is 31.5 Å². The molecule has 0 radical (unpaired) electrons. The van der Waals surface area contributed by atoms with Crippen LogP contribution in [-0.4, -0.2) is 46.3 Å². The highest BCUT2D eigenvalue weighted by molar-refractivity contribution is 6.31. The van der Waals surface area contributed by atoms with Crippen LogP contribution in [0.5, 0.6) is 0 Å². The maximum Gasteiger partial charge on any atom is 0.358 e. The van der Waals surface area contributed by atoms with Gasteiger partial charge in [0, 0.05) is 23.3 Å². The van der Waals surface area contributed by atoms with E-state index in [0.29, 0.717) is 23.2 Å². The second-order valence-corrected chi connectivity index (χ2v) is 8.99. The van der Waals surface area contributed by atoms with Crippen LogP contribution in [0.2, 0.25) is 5.02 Å². The van der Waals surface area contributed by atoms with E-state index in [1.165, 1.54) is 15.6 Å². The first kappa shape index (κ1) is 23.8. The lowest BCUT2D eigenvalue weighted by Gasteiger charge is -2.43. The summed E-state index contributed by atoms with van der Waals surface area (Å²) in [5.74, 6) is -0.939. The third kappa shape index (κ3) is 4.50. The number of hydrogen-bond donors (Lipinski definition) is 1. The predicted molar refractivity (Wildman–Crippen MR) is 122 cm³/mol. The topological polar surface area (TPSA) is 93.5 Å². The van der Waals surface area contributed by atoms with Gasteiger partial charge in [-0.05, 0) is 50.8 Å². The Hall–Kier alpha value is -2.87. The molecule has 1 aromatic carbocycles. The molecule has 0 bridgehead atoms. The number of nitrogens with zero attached hydrogens (tertiary/aromatic N) is 3. The summed E-state index contributed by atoms with van der Waals surface area (Å²) in [5.41, 5.74) is 0.311.